The third kappa shape index (κ3) is 13.6. The second kappa shape index (κ2) is 22.1. The molecule has 0 saturated carbocycles. The summed E-state index contributed by atoms with van der Waals surface area (Å²) in [4.78, 5) is 131. The Hall–Kier alpha value is -5.38. The first-order valence-corrected chi connectivity index (χ1v) is 20.0. The standard InChI is InChI=1S/C37H60N10O12/c1-5-20(4)31(35(56)42-17-30(52)47-18-21(48)13-26(47)37(58)59)44-34(55)25-9-6-10-45(25)29(51)16-41-33(54)24-8-7-11-46(24)36(57)23(12-19(2)3)43-28(50)15-40-32(53)22(38)14-27(39)49/h19-26,31,48H,5-18,38H2,1-4H3,(H2,39,49)(H,40,53)(H,41,54)(H,42,56)(H,43,50)(H,44,55)(H,58,59)/t20-,21+,22-,23-,24-,25-,26-,31-/m0/s1. The van der Waals surface area contributed by atoms with Crippen molar-refractivity contribution in [2.75, 3.05) is 39.3 Å². The first-order chi connectivity index (χ1) is 27.7. The number of aliphatic carboxylic acids is 1. The summed E-state index contributed by atoms with van der Waals surface area (Å²) in [6, 6.07) is -6.53. The van der Waals surface area contributed by atoms with E-state index in [1.54, 1.807) is 13.8 Å². The van der Waals surface area contributed by atoms with Gasteiger partial charge in [0.25, 0.3) is 0 Å². The van der Waals surface area contributed by atoms with Crippen LogP contribution in [-0.2, 0) is 47.9 Å². The number of aliphatic hydroxyl groups is 1. The minimum atomic E-state index is -1.28. The van der Waals surface area contributed by atoms with Crippen molar-refractivity contribution >= 4 is 59.1 Å². The van der Waals surface area contributed by atoms with Gasteiger partial charge in [-0.3, -0.25) is 43.2 Å². The number of primary amides is 1. The molecular weight excluding hydrogens is 776 g/mol. The molecule has 9 amide bonds. The first-order valence-electron chi connectivity index (χ1n) is 20.0. The van der Waals surface area contributed by atoms with Gasteiger partial charge in [-0.25, -0.2) is 4.79 Å². The fourth-order valence-corrected chi connectivity index (χ4v) is 7.42. The summed E-state index contributed by atoms with van der Waals surface area (Å²) in [5.74, 6) is -7.68. The van der Waals surface area contributed by atoms with Gasteiger partial charge in [-0.2, -0.15) is 0 Å². The molecule has 3 saturated heterocycles. The van der Waals surface area contributed by atoms with Crippen LogP contribution in [0.1, 0.15) is 79.1 Å². The fourth-order valence-electron chi connectivity index (χ4n) is 7.42. The van der Waals surface area contributed by atoms with Crippen molar-refractivity contribution in [2.45, 2.75) is 121 Å². The maximum Gasteiger partial charge on any atom is 0.326 e. The minimum absolute atomic E-state index is 0.0517. The third-order valence-electron chi connectivity index (χ3n) is 10.7. The van der Waals surface area contributed by atoms with Crippen LogP contribution in [0.3, 0.4) is 0 Å². The number of carbonyl (C=O) groups excluding carboxylic acids is 9. The van der Waals surface area contributed by atoms with Crippen molar-refractivity contribution in [3.8, 4) is 0 Å². The van der Waals surface area contributed by atoms with Gasteiger partial charge in [0.2, 0.25) is 53.2 Å². The van der Waals surface area contributed by atoms with E-state index in [0.29, 0.717) is 25.7 Å². The summed E-state index contributed by atoms with van der Waals surface area (Å²) >= 11 is 0. The molecule has 0 radical (unpaired) electrons. The summed E-state index contributed by atoms with van der Waals surface area (Å²) in [5.41, 5.74) is 10.7. The Morgan fingerprint density at radius 3 is 1.92 bits per heavy atom. The number of amides is 9. The van der Waals surface area contributed by atoms with E-state index >= 15 is 0 Å². The smallest absolute Gasteiger partial charge is 0.326 e. The highest BCUT2D eigenvalue weighted by molar-refractivity contribution is 5.97. The molecule has 59 heavy (non-hydrogen) atoms. The highest BCUT2D eigenvalue weighted by Gasteiger charge is 2.41. The van der Waals surface area contributed by atoms with E-state index in [2.05, 4.69) is 26.6 Å². The number of carboxylic acid groups (broad SMARTS) is 1. The normalized spacial score (nSPS) is 22.2. The number of nitrogens with two attached hydrogens (primary N) is 2. The van der Waals surface area contributed by atoms with Gasteiger partial charge in [0, 0.05) is 26.1 Å². The number of carboxylic acids is 1. The summed E-state index contributed by atoms with van der Waals surface area (Å²) in [6.07, 6.45) is 0.637. The fraction of sp³-hybridized carbons (Fsp3) is 0.730. The first kappa shape index (κ1) is 48.0. The van der Waals surface area contributed by atoms with Crippen molar-refractivity contribution in [1.82, 2.24) is 41.3 Å². The predicted octanol–water partition coefficient (Wildman–Crippen LogP) is -4.37. The van der Waals surface area contributed by atoms with Gasteiger partial charge in [-0.15, -0.1) is 0 Å². The minimum Gasteiger partial charge on any atom is -0.480 e. The number of rotatable bonds is 20. The molecule has 330 valence electrons. The molecule has 22 heteroatoms. The maximum absolute atomic E-state index is 13.7. The second-order valence-electron chi connectivity index (χ2n) is 15.8. The Morgan fingerprint density at radius 1 is 0.746 bits per heavy atom. The van der Waals surface area contributed by atoms with E-state index in [-0.39, 0.29) is 44.8 Å². The maximum atomic E-state index is 13.7. The lowest BCUT2D eigenvalue weighted by atomic mass is 9.97. The van der Waals surface area contributed by atoms with Crippen molar-refractivity contribution in [2.24, 2.45) is 23.3 Å². The van der Waals surface area contributed by atoms with Gasteiger partial charge in [0.05, 0.1) is 38.2 Å². The predicted molar refractivity (Wildman–Crippen MR) is 207 cm³/mol. The van der Waals surface area contributed by atoms with Crippen LogP contribution in [0.2, 0.25) is 0 Å². The molecule has 0 spiro atoms. The molecule has 3 rings (SSSR count). The largest absolute Gasteiger partial charge is 0.480 e. The summed E-state index contributed by atoms with van der Waals surface area (Å²) < 4.78 is 0. The van der Waals surface area contributed by atoms with Gasteiger partial charge < -0.3 is 63.0 Å². The topological polar surface area (TPSA) is 333 Å². The zero-order valence-electron chi connectivity index (χ0n) is 34.1. The van der Waals surface area contributed by atoms with E-state index in [1.165, 1.54) is 9.80 Å². The van der Waals surface area contributed by atoms with Crippen LogP contribution in [-0.4, -0.2) is 166 Å². The van der Waals surface area contributed by atoms with E-state index < -0.39 is 133 Å². The lowest BCUT2D eigenvalue weighted by Gasteiger charge is -2.30. The molecule has 0 unspecified atom stereocenters. The molecule has 0 bridgehead atoms. The van der Waals surface area contributed by atoms with Gasteiger partial charge in [0.1, 0.15) is 30.2 Å². The number of hydrogen-bond acceptors (Lipinski definition) is 12. The highest BCUT2D eigenvalue weighted by Crippen LogP contribution is 2.22. The number of hydrogen-bond donors (Lipinski definition) is 9. The van der Waals surface area contributed by atoms with Crippen LogP contribution in [0.25, 0.3) is 0 Å². The lowest BCUT2D eigenvalue weighted by Crippen LogP contribution is -2.57. The highest BCUT2D eigenvalue weighted by atomic mass is 16.4. The molecule has 0 aromatic carbocycles. The van der Waals surface area contributed by atoms with Crippen LogP contribution >= 0.6 is 0 Å². The molecule has 3 fully saturated rings. The molecule has 22 nitrogen and oxygen atoms in total. The number of nitrogens with zero attached hydrogens (tertiary/aromatic N) is 3. The number of nitrogens with one attached hydrogen (secondary N) is 5. The molecular formula is C37H60N10O12. The monoisotopic (exact) mass is 836 g/mol. The van der Waals surface area contributed by atoms with E-state index in [0.717, 1.165) is 4.90 Å². The van der Waals surface area contributed by atoms with Gasteiger partial charge >= 0.3 is 5.97 Å². The number of carbonyl (C=O) groups is 10. The van der Waals surface area contributed by atoms with Gasteiger partial charge in [-0.1, -0.05) is 34.1 Å². The second-order valence-corrected chi connectivity index (χ2v) is 15.8. The average molecular weight is 837 g/mol. The molecule has 0 aliphatic carbocycles. The van der Waals surface area contributed by atoms with Crippen molar-refractivity contribution in [3.63, 3.8) is 0 Å². The molecule has 0 aromatic rings. The number of aliphatic hydroxyl groups excluding tert-OH is 1. The van der Waals surface area contributed by atoms with E-state index in [9.17, 15) is 58.2 Å². The summed E-state index contributed by atoms with van der Waals surface area (Å²) in [7, 11) is 0. The lowest BCUT2D eigenvalue weighted by molar-refractivity contribution is -0.148. The van der Waals surface area contributed by atoms with Crippen molar-refractivity contribution < 1.29 is 58.2 Å². The van der Waals surface area contributed by atoms with Crippen LogP contribution in [0.15, 0.2) is 0 Å². The Morgan fingerprint density at radius 2 is 1.32 bits per heavy atom. The Bertz CT molecular complexity index is 1610. The van der Waals surface area contributed by atoms with Crippen LogP contribution in [0, 0.1) is 11.8 Å². The van der Waals surface area contributed by atoms with E-state index in [1.807, 2.05) is 13.8 Å². The molecule has 3 aliphatic rings. The van der Waals surface area contributed by atoms with Crippen molar-refractivity contribution in [3.05, 3.63) is 0 Å². The summed E-state index contributed by atoms with van der Waals surface area (Å²) in [6.45, 7) is 5.87. The zero-order valence-corrected chi connectivity index (χ0v) is 34.1. The number of likely N-dealkylation sites (tertiary alicyclic amines) is 3. The third-order valence-corrected chi connectivity index (χ3v) is 10.7. The van der Waals surface area contributed by atoms with Gasteiger partial charge in [-0.05, 0) is 43.9 Å². The van der Waals surface area contributed by atoms with Crippen LogP contribution < -0.4 is 38.1 Å². The molecule has 3 heterocycles. The van der Waals surface area contributed by atoms with E-state index in [4.69, 9.17) is 11.5 Å². The zero-order chi connectivity index (χ0) is 44.1. The SMILES string of the molecule is CC[C@H](C)[C@H](NC(=O)[C@@H]1CCCN1C(=O)CNC(=O)[C@@H]1CCCN1C(=O)[C@H](CC(C)C)NC(=O)CNC(=O)[C@@H](N)CC(N)=O)C(=O)NCC(=O)N1C[C@H](O)C[C@H]1C(=O)O. The van der Waals surface area contributed by atoms with Gasteiger partial charge in [0.15, 0.2) is 0 Å². The Kier molecular flexibility index (Phi) is 18.0. The average Bonchev–Trinajstić information content (AvgIpc) is 3.96. The molecule has 8 atom stereocenters. The van der Waals surface area contributed by atoms with Crippen molar-refractivity contribution in [1.29, 1.82) is 0 Å². The quantitative estimate of drug-likeness (QED) is 0.0561. The molecule has 11 N–H and O–H groups in total. The number of β-amino-alcohol motifs (C(OH)–C–C–N with tert-alkyl or cyclic N) is 1. The van der Waals surface area contributed by atoms with Crippen LogP contribution in [0.5, 0.6) is 0 Å². The Balaban J connectivity index is 1.57. The van der Waals surface area contributed by atoms with Crippen LogP contribution in [0.4, 0.5) is 0 Å². The molecule has 3 aliphatic heterocycles. The summed E-state index contributed by atoms with van der Waals surface area (Å²) in [5, 5.41) is 31.9. The molecule has 0 aromatic heterocycles. The Labute approximate surface area is 342 Å².